The van der Waals surface area contributed by atoms with E-state index in [4.69, 9.17) is 32.7 Å². The van der Waals surface area contributed by atoms with E-state index in [-0.39, 0.29) is 13.1 Å². The van der Waals surface area contributed by atoms with E-state index in [0.717, 1.165) is 5.56 Å². The lowest BCUT2D eigenvalue weighted by molar-refractivity contribution is -0.0229. The normalized spacial score (nSPS) is 16.4. The summed E-state index contributed by atoms with van der Waals surface area (Å²) >= 11 is 12.2. The predicted molar refractivity (Wildman–Crippen MR) is 105 cm³/mol. The van der Waals surface area contributed by atoms with Gasteiger partial charge in [0.25, 0.3) is 0 Å². The first-order chi connectivity index (χ1) is 12.2. The molecule has 1 aliphatic heterocycles. The standard InChI is InChI=1S/C19H26Cl2N2O4/c1-17(2,3)26-15(24)22-19(12-7-8-13(20)14(21)9-12)10-23(11-19)16(25)27-18(4,5)6/h7-9H,10-11H2,1-6H3,(H,22,24). The van der Waals surface area contributed by atoms with Crippen LogP contribution < -0.4 is 5.32 Å². The van der Waals surface area contributed by atoms with Crippen molar-refractivity contribution in [3.05, 3.63) is 33.8 Å². The Morgan fingerprint density at radius 2 is 1.56 bits per heavy atom. The number of halogens is 2. The third-order valence-corrected chi connectivity index (χ3v) is 4.52. The molecule has 1 N–H and O–H groups in total. The molecule has 1 aromatic rings. The van der Waals surface area contributed by atoms with Crippen LogP contribution in [0.1, 0.15) is 47.1 Å². The fraction of sp³-hybridized carbons (Fsp3) is 0.579. The van der Waals surface area contributed by atoms with Crippen molar-refractivity contribution in [2.75, 3.05) is 13.1 Å². The molecule has 0 spiro atoms. The average molecular weight is 417 g/mol. The van der Waals surface area contributed by atoms with Gasteiger partial charge in [-0.1, -0.05) is 29.3 Å². The smallest absolute Gasteiger partial charge is 0.410 e. The molecule has 0 aliphatic carbocycles. The minimum Gasteiger partial charge on any atom is -0.444 e. The molecule has 0 unspecified atom stereocenters. The molecule has 0 radical (unpaired) electrons. The first-order valence-corrected chi connectivity index (χ1v) is 9.41. The van der Waals surface area contributed by atoms with E-state index in [1.54, 1.807) is 59.7 Å². The molecule has 27 heavy (non-hydrogen) atoms. The number of carbonyl (C=O) groups is 2. The topological polar surface area (TPSA) is 67.9 Å². The fourth-order valence-electron chi connectivity index (χ4n) is 2.69. The Morgan fingerprint density at radius 1 is 1.00 bits per heavy atom. The van der Waals surface area contributed by atoms with E-state index in [0.29, 0.717) is 10.0 Å². The largest absolute Gasteiger partial charge is 0.444 e. The van der Waals surface area contributed by atoms with Crippen molar-refractivity contribution >= 4 is 35.4 Å². The highest BCUT2D eigenvalue weighted by atomic mass is 35.5. The van der Waals surface area contributed by atoms with Crippen molar-refractivity contribution in [3.8, 4) is 0 Å². The molecule has 1 saturated heterocycles. The van der Waals surface area contributed by atoms with Crippen LogP contribution in [0.3, 0.4) is 0 Å². The Bertz CT molecular complexity index is 732. The van der Waals surface area contributed by atoms with Gasteiger partial charge in [0.15, 0.2) is 0 Å². The van der Waals surface area contributed by atoms with E-state index in [9.17, 15) is 9.59 Å². The van der Waals surface area contributed by atoms with Gasteiger partial charge in [-0.3, -0.25) is 0 Å². The van der Waals surface area contributed by atoms with Gasteiger partial charge in [0.1, 0.15) is 16.7 Å². The van der Waals surface area contributed by atoms with Crippen molar-refractivity contribution in [1.82, 2.24) is 10.2 Å². The second-order valence-corrected chi connectivity index (χ2v) is 9.49. The van der Waals surface area contributed by atoms with Crippen molar-refractivity contribution in [3.63, 3.8) is 0 Å². The number of carbonyl (C=O) groups excluding carboxylic acids is 2. The molecule has 8 heteroatoms. The minimum atomic E-state index is -0.826. The highest BCUT2D eigenvalue weighted by Gasteiger charge is 2.49. The van der Waals surface area contributed by atoms with E-state index in [2.05, 4.69) is 5.32 Å². The molecule has 0 aromatic heterocycles. The van der Waals surface area contributed by atoms with Crippen molar-refractivity contribution in [1.29, 1.82) is 0 Å². The summed E-state index contributed by atoms with van der Waals surface area (Å²) in [6, 6.07) is 5.12. The third-order valence-electron chi connectivity index (χ3n) is 3.79. The molecule has 0 bridgehead atoms. The average Bonchev–Trinajstić information content (AvgIpc) is 2.41. The summed E-state index contributed by atoms with van der Waals surface area (Å²) in [5, 5.41) is 3.67. The van der Waals surface area contributed by atoms with Crippen LogP contribution in [0.2, 0.25) is 10.0 Å². The number of alkyl carbamates (subject to hydrolysis) is 1. The second-order valence-electron chi connectivity index (χ2n) is 8.67. The SMILES string of the molecule is CC(C)(C)OC(=O)NC1(c2ccc(Cl)c(Cl)c2)CN(C(=O)OC(C)(C)C)C1. The number of nitrogens with one attached hydrogen (secondary N) is 1. The van der Waals surface area contributed by atoms with Gasteiger partial charge in [0, 0.05) is 0 Å². The quantitative estimate of drug-likeness (QED) is 0.738. The summed E-state index contributed by atoms with van der Waals surface area (Å²) < 4.78 is 10.8. The molecule has 1 aromatic carbocycles. The Balaban J connectivity index is 2.22. The van der Waals surface area contributed by atoms with Gasteiger partial charge in [-0.05, 0) is 59.2 Å². The van der Waals surface area contributed by atoms with Crippen molar-refractivity contribution in [2.45, 2.75) is 58.3 Å². The number of benzene rings is 1. The van der Waals surface area contributed by atoms with Crippen LogP contribution in [0.25, 0.3) is 0 Å². The van der Waals surface area contributed by atoms with Crippen LogP contribution in [-0.2, 0) is 15.0 Å². The number of rotatable bonds is 2. The van der Waals surface area contributed by atoms with Gasteiger partial charge in [-0.15, -0.1) is 0 Å². The fourth-order valence-corrected chi connectivity index (χ4v) is 2.99. The van der Waals surface area contributed by atoms with Gasteiger partial charge >= 0.3 is 12.2 Å². The van der Waals surface area contributed by atoms with Crippen molar-refractivity contribution in [2.24, 2.45) is 0 Å². The number of hydrogen-bond donors (Lipinski definition) is 1. The predicted octanol–water partition coefficient (Wildman–Crippen LogP) is 4.96. The Labute approximate surface area is 170 Å². The zero-order valence-corrected chi connectivity index (χ0v) is 18.0. The highest BCUT2D eigenvalue weighted by molar-refractivity contribution is 6.42. The molecular weight excluding hydrogens is 391 g/mol. The molecule has 0 atom stereocenters. The third kappa shape index (κ3) is 5.66. The van der Waals surface area contributed by atoms with Gasteiger partial charge in [-0.2, -0.15) is 0 Å². The maximum absolute atomic E-state index is 12.4. The Morgan fingerprint density at radius 3 is 2.04 bits per heavy atom. The summed E-state index contributed by atoms with van der Waals surface area (Å²) in [7, 11) is 0. The van der Waals surface area contributed by atoms with Crippen LogP contribution in [0, 0.1) is 0 Å². The second kappa shape index (κ2) is 7.40. The number of amides is 2. The first kappa shape index (κ1) is 21.6. The van der Waals surface area contributed by atoms with Crippen LogP contribution in [0.15, 0.2) is 18.2 Å². The molecule has 150 valence electrons. The van der Waals surface area contributed by atoms with E-state index >= 15 is 0 Å². The number of ether oxygens (including phenoxy) is 2. The first-order valence-electron chi connectivity index (χ1n) is 8.65. The van der Waals surface area contributed by atoms with Gasteiger partial charge in [0.05, 0.1) is 23.1 Å². The molecule has 2 rings (SSSR count). The van der Waals surface area contributed by atoms with Crippen LogP contribution >= 0.6 is 23.2 Å². The molecule has 1 heterocycles. The number of nitrogens with zero attached hydrogens (tertiary/aromatic N) is 1. The maximum Gasteiger partial charge on any atom is 0.410 e. The monoisotopic (exact) mass is 416 g/mol. The summed E-state index contributed by atoms with van der Waals surface area (Å²) in [5.74, 6) is 0. The van der Waals surface area contributed by atoms with E-state index < -0.39 is 28.9 Å². The minimum absolute atomic E-state index is 0.235. The van der Waals surface area contributed by atoms with Crippen LogP contribution in [0.4, 0.5) is 9.59 Å². The highest BCUT2D eigenvalue weighted by Crippen LogP contribution is 2.36. The molecule has 6 nitrogen and oxygen atoms in total. The summed E-state index contributed by atoms with van der Waals surface area (Å²) in [6.45, 7) is 11.2. The lowest BCUT2D eigenvalue weighted by Crippen LogP contribution is -2.69. The molecule has 1 aliphatic rings. The number of hydrogen-bond acceptors (Lipinski definition) is 4. The van der Waals surface area contributed by atoms with E-state index in [1.165, 1.54) is 4.90 Å². The van der Waals surface area contributed by atoms with Gasteiger partial charge < -0.3 is 19.7 Å². The van der Waals surface area contributed by atoms with Gasteiger partial charge in [-0.25, -0.2) is 9.59 Å². The molecule has 1 fully saturated rings. The zero-order chi connectivity index (χ0) is 20.6. The Kier molecular flexibility index (Phi) is 5.93. The molecule has 2 amide bonds. The summed E-state index contributed by atoms with van der Waals surface area (Å²) in [5.41, 5.74) is -1.33. The summed E-state index contributed by atoms with van der Waals surface area (Å²) in [4.78, 5) is 26.2. The van der Waals surface area contributed by atoms with E-state index in [1.807, 2.05) is 0 Å². The lowest BCUT2D eigenvalue weighted by Gasteiger charge is -2.50. The lowest BCUT2D eigenvalue weighted by atomic mass is 9.82. The van der Waals surface area contributed by atoms with Gasteiger partial charge in [0.2, 0.25) is 0 Å². The zero-order valence-electron chi connectivity index (χ0n) is 16.5. The van der Waals surface area contributed by atoms with Crippen molar-refractivity contribution < 1.29 is 19.1 Å². The number of likely N-dealkylation sites (tertiary alicyclic amines) is 1. The van der Waals surface area contributed by atoms with Crippen LogP contribution in [0.5, 0.6) is 0 Å². The molecule has 0 saturated carbocycles. The maximum atomic E-state index is 12.4. The molecular formula is C19H26Cl2N2O4. The summed E-state index contributed by atoms with van der Waals surface area (Å²) in [6.07, 6.45) is -1.01. The Hall–Kier alpha value is -1.66. The van der Waals surface area contributed by atoms with Crippen LogP contribution in [-0.4, -0.2) is 41.4 Å².